The number of hydrogen-bond acceptors (Lipinski definition) is 6. The van der Waals surface area contributed by atoms with Gasteiger partial charge in [-0.2, -0.15) is 0 Å². The van der Waals surface area contributed by atoms with Gasteiger partial charge in [-0.15, -0.1) is 0 Å². The third-order valence-corrected chi connectivity index (χ3v) is 9.41. The average Bonchev–Trinajstić information content (AvgIpc) is 3.53. The van der Waals surface area contributed by atoms with E-state index in [4.69, 9.17) is 9.47 Å². The average molecular weight is 612 g/mol. The standard InChI is InChI=1S/C32H38FN3O6S/c1-4-28(32(38)34-25-9-5-6-10-25)35(21-23-13-15-24(33)16-14-23)31(37)22-36(29-11-7-8-12-30(29)42-3)43(39,40)27-19-17-26(41-2)18-20-27/h7-8,11-20,25,28H,4-6,9-10,21-22H2,1-3H3,(H,34,38)/t28-/m1/s1. The van der Waals surface area contributed by atoms with Crippen LogP contribution in [-0.2, 0) is 26.2 Å². The van der Waals surface area contributed by atoms with Crippen molar-refractivity contribution in [1.29, 1.82) is 0 Å². The van der Waals surface area contributed by atoms with Crippen molar-refractivity contribution in [3.05, 3.63) is 84.2 Å². The van der Waals surface area contributed by atoms with Gasteiger partial charge in [0.25, 0.3) is 10.0 Å². The molecule has 0 heterocycles. The summed E-state index contributed by atoms with van der Waals surface area (Å²) in [7, 11) is -1.39. The van der Waals surface area contributed by atoms with E-state index in [1.807, 2.05) is 0 Å². The summed E-state index contributed by atoms with van der Waals surface area (Å²) >= 11 is 0. The highest BCUT2D eigenvalue weighted by atomic mass is 32.2. The van der Waals surface area contributed by atoms with Crippen LogP contribution in [0.4, 0.5) is 10.1 Å². The summed E-state index contributed by atoms with van der Waals surface area (Å²) in [6, 6.07) is 17.2. The number of nitrogens with zero attached hydrogens (tertiary/aromatic N) is 2. The van der Waals surface area contributed by atoms with E-state index in [2.05, 4.69) is 5.32 Å². The van der Waals surface area contributed by atoms with Crippen LogP contribution >= 0.6 is 0 Å². The number of rotatable bonds is 13. The largest absolute Gasteiger partial charge is 0.497 e. The van der Waals surface area contributed by atoms with Crippen molar-refractivity contribution < 1.29 is 31.9 Å². The zero-order valence-electron chi connectivity index (χ0n) is 24.7. The monoisotopic (exact) mass is 611 g/mol. The summed E-state index contributed by atoms with van der Waals surface area (Å²) in [4.78, 5) is 29.1. The number of methoxy groups -OCH3 is 2. The van der Waals surface area contributed by atoms with E-state index < -0.39 is 34.3 Å². The van der Waals surface area contributed by atoms with Crippen molar-refractivity contribution >= 4 is 27.5 Å². The Morgan fingerprint density at radius 2 is 1.60 bits per heavy atom. The van der Waals surface area contributed by atoms with Crippen molar-refractivity contribution in [3.63, 3.8) is 0 Å². The molecule has 230 valence electrons. The summed E-state index contributed by atoms with van der Waals surface area (Å²) in [5.74, 6) is -0.597. The van der Waals surface area contributed by atoms with Gasteiger partial charge >= 0.3 is 0 Å². The molecule has 1 aliphatic carbocycles. The van der Waals surface area contributed by atoms with E-state index in [-0.39, 0.29) is 34.8 Å². The number of para-hydroxylation sites is 2. The Balaban J connectivity index is 1.74. The molecule has 1 fully saturated rings. The van der Waals surface area contributed by atoms with Gasteiger partial charge in [0.05, 0.1) is 24.8 Å². The maximum absolute atomic E-state index is 14.2. The molecule has 0 unspecified atom stereocenters. The maximum atomic E-state index is 14.2. The highest BCUT2D eigenvalue weighted by Crippen LogP contribution is 2.33. The molecule has 0 bridgehead atoms. The quantitative estimate of drug-likeness (QED) is 0.295. The van der Waals surface area contributed by atoms with E-state index >= 15 is 0 Å². The van der Waals surface area contributed by atoms with Gasteiger partial charge in [0.15, 0.2) is 0 Å². The molecule has 3 aromatic rings. The van der Waals surface area contributed by atoms with Gasteiger partial charge < -0.3 is 19.7 Å². The predicted molar refractivity (Wildman–Crippen MR) is 162 cm³/mol. The van der Waals surface area contributed by atoms with Gasteiger partial charge in [0.2, 0.25) is 11.8 Å². The minimum atomic E-state index is -4.29. The van der Waals surface area contributed by atoms with Crippen LogP contribution in [-0.4, -0.2) is 58.0 Å². The highest BCUT2D eigenvalue weighted by molar-refractivity contribution is 7.92. The Morgan fingerprint density at radius 3 is 2.21 bits per heavy atom. The molecule has 0 saturated heterocycles. The van der Waals surface area contributed by atoms with Crippen molar-refractivity contribution in [2.45, 2.75) is 62.6 Å². The Bertz CT molecular complexity index is 1490. The Kier molecular flexibility index (Phi) is 10.6. The predicted octanol–water partition coefficient (Wildman–Crippen LogP) is 4.90. The number of sulfonamides is 1. The molecule has 1 N–H and O–H groups in total. The number of nitrogens with one attached hydrogen (secondary N) is 1. The second kappa shape index (κ2) is 14.4. The van der Waals surface area contributed by atoms with Crippen LogP contribution in [0.25, 0.3) is 0 Å². The van der Waals surface area contributed by atoms with Crippen molar-refractivity contribution in [2.75, 3.05) is 25.1 Å². The molecule has 1 saturated carbocycles. The molecule has 1 atom stereocenters. The van der Waals surface area contributed by atoms with E-state index in [0.29, 0.717) is 17.7 Å². The fourth-order valence-electron chi connectivity index (χ4n) is 5.30. The van der Waals surface area contributed by atoms with Gasteiger partial charge in [-0.05, 0) is 73.4 Å². The lowest BCUT2D eigenvalue weighted by Gasteiger charge is -2.34. The first-order valence-corrected chi connectivity index (χ1v) is 15.8. The number of carbonyl (C=O) groups excluding carboxylic acids is 2. The molecule has 1 aliphatic rings. The molecular formula is C32H38FN3O6S. The number of carbonyl (C=O) groups is 2. The minimum absolute atomic E-state index is 0.0158. The second-order valence-corrected chi connectivity index (χ2v) is 12.3. The maximum Gasteiger partial charge on any atom is 0.264 e. The Morgan fingerprint density at radius 1 is 0.953 bits per heavy atom. The smallest absolute Gasteiger partial charge is 0.264 e. The van der Waals surface area contributed by atoms with Crippen LogP contribution in [0.1, 0.15) is 44.6 Å². The second-order valence-electron chi connectivity index (χ2n) is 10.4. The third-order valence-electron chi connectivity index (χ3n) is 7.63. The summed E-state index contributed by atoms with van der Waals surface area (Å²) in [6.45, 7) is 1.18. The van der Waals surface area contributed by atoms with Gasteiger partial charge in [0.1, 0.15) is 29.9 Å². The van der Waals surface area contributed by atoms with Crippen LogP contribution in [0.15, 0.2) is 77.7 Å². The van der Waals surface area contributed by atoms with Gasteiger partial charge in [-0.3, -0.25) is 13.9 Å². The van der Waals surface area contributed by atoms with E-state index in [9.17, 15) is 22.4 Å². The van der Waals surface area contributed by atoms with Crippen molar-refractivity contribution in [1.82, 2.24) is 10.2 Å². The lowest BCUT2D eigenvalue weighted by atomic mass is 10.1. The van der Waals surface area contributed by atoms with Crippen LogP contribution in [0, 0.1) is 5.82 Å². The Hall–Kier alpha value is -4.12. The number of ether oxygens (including phenoxy) is 2. The lowest BCUT2D eigenvalue weighted by molar-refractivity contribution is -0.140. The van der Waals surface area contributed by atoms with Crippen LogP contribution < -0.4 is 19.1 Å². The number of benzene rings is 3. The zero-order chi connectivity index (χ0) is 31.0. The number of anilines is 1. The van der Waals surface area contributed by atoms with Crippen LogP contribution in [0.2, 0.25) is 0 Å². The summed E-state index contributed by atoms with van der Waals surface area (Å²) in [6.07, 6.45) is 4.09. The molecule has 4 rings (SSSR count). The molecule has 9 nitrogen and oxygen atoms in total. The molecule has 0 radical (unpaired) electrons. The molecule has 2 amide bonds. The minimum Gasteiger partial charge on any atom is -0.497 e. The number of amides is 2. The van der Waals surface area contributed by atoms with E-state index in [0.717, 1.165) is 30.0 Å². The van der Waals surface area contributed by atoms with E-state index in [1.54, 1.807) is 43.3 Å². The summed E-state index contributed by atoms with van der Waals surface area (Å²) < 4.78 is 53.5. The number of halogens is 1. The van der Waals surface area contributed by atoms with Crippen molar-refractivity contribution in [2.24, 2.45) is 0 Å². The fraction of sp³-hybridized carbons (Fsp3) is 0.375. The van der Waals surface area contributed by atoms with Crippen molar-refractivity contribution in [3.8, 4) is 11.5 Å². The SMILES string of the molecule is CC[C@H](C(=O)NC1CCCC1)N(Cc1ccc(F)cc1)C(=O)CN(c1ccccc1OC)S(=O)(=O)c1ccc(OC)cc1. The topological polar surface area (TPSA) is 105 Å². The summed E-state index contributed by atoms with van der Waals surface area (Å²) in [5.41, 5.74) is 0.767. The van der Waals surface area contributed by atoms with Gasteiger partial charge in [-0.25, -0.2) is 12.8 Å². The van der Waals surface area contributed by atoms with Gasteiger partial charge in [0, 0.05) is 12.6 Å². The molecule has 0 aromatic heterocycles. The Labute approximate surface area is 252 Å². The normalized spacial score (nSPS) is 14.1. The fourth-order valence-corrected chi connectivity index (χ4v) is 6.72. The van der Waals surface area contributed by atoms with E-state index in [1.165, 1.54) is 55.5 Å². The lowest BCUT2D eigenvalue weighted by Crippen LogP contribution is -2.53. The molecule has 0 aliphatic heterocycles. The molecule has 11 heteroatoms. The number of hydrogen-bond donors (Lipinski definition) is 1. The highest BCUT2D eigenvalue weighted by Gasteiger charge is 2.35. The van der Waals surface area contributed by atoms with Crippen LogP contribution in [0.3, 0.4) is 0 Å². The summed E-state index contributed by atoms with van der Waals surface area (Å²) in [5, 5.41) is 3.07. The van der Waals surface area contributed by atoms with Gasteiger partial charge in [-0.1, -0.05) is 44.0 Å². The zero-order valence-corrected chi connectivity index (χ0v) is 25.5. The first-order chi connectivity index (χ1) is 20.7. The molecular weight excluding hydrogens is 573 g/mol. The first kappa shape index (κ1) is 31.8. The molecule has 0 spiro atoms. The molecule has 3 aromatic carbocycles. The molecule has 43 heavy (non-hydrogen) atoms. The third kappa shape index (κ3) is 7.64. The first-order valence-electron chi connectivity index (χ1n) is 14.3. The van der Waals surface area contributed by atoms with Crippen LogP contribution in [0.5, 0.6) is 11.5 Å².